The van der Waals surface area contributed by atoms with Gasteiger partial charge in [0.25, 0.3) is 0 Å². The molecule has 1 aliphatic rings. The van der Waals surface area contributed by atoms with E-state index in [0.717, 1.165) is 17.6 Å². The Labute approximate surface area is 190 Å². The van der Waals surface area contributed by atoms with E-state index < -0.39 is 10.0 Å². The summed E-state index contributed by atoms with van der Waals surface area (Å²) in [6.45, 7) is 2.70. The first-order valence-electron chi connectivity index (χ1n) is 9.91. The van der Waals surface area contributed by atoms with Crippen molar-refractivity contribution in [3.63, 3.8) is 0 Å². The van der Waals surface area contributed by atoms with Gasteiger partial charge in [0, 0.05) is 24.3 Å². The second kappa shape index (κ2) is 9.76. The van der Waals surface area contributed by atoms with Crippen molar-refractivity contribution in [3.8, 4) is 11.4 Å². The van der Waals surface area contributed by atoms with Gasteiger partial charge in [-0.15, -0.1) is 10.2 Å². The fraction of sp³-hybridized carbons (Fsp3) is 0.350. The Morgan fingerprint density at radius 3 is 2.56 bits per heavy atom. The minimum absolute atomic E-state index is 0.0311. The summed E-state index contributed by atoms with van der Waals surface area (Å²) in [6.07, 6.45) is 2.70. The van der Waals surface area contributed by atoms with Gasteiger partial charge in [-0.1, -0.05) is 11.8 Å². The van der Waals surface area contributed by atoms with E-state index in [0.29, 0.717) is 49.5 Å². The number of nitrogens with one attached hydrogen (secondary N) is 1. The molecule has 0 spiro atoms. The number of hydrogen-bond donors (Lipinski definition) is 1. The summed E-state index contributed by atoms with van der Waals surface area (Å²) >= 11 is 1.32. The fourth-order valence-corrected chi connectivity index (χ4v) is 4.65. The Morgan fingerprint density at radius 1 is 1.16 bits per heavy atom. The van der Waals surface area contributed by atoms with Crippen LogP contribution in [0.2, 0.25) is 0 Å². The number of furan rings is 1. The SMILES string of the molecule is CS(=O)(=O)Nc1ccc(-c2nnc(SCC(=O)N3CCOCC3)n2Cc2ccco2)cc1. The Hall–Kier alpha value is -2.83. The Kier molecular flexibility index (Phi) is 6.82. The highest BCUT2D eigenvalue weighted by atomic mass is 32.2. The Bertz CT molecular complexity index is 1150. The maximum atomic E-state index is 12.5. The molecule has 1 amide bonds. The highest BCUT2D eigenvalue weighted by Crippen LogP contribution is 2.27. The second-order valence-corrected chi connectivity index (χ2v) is 9.90. The van der Waals surface area contributed by atoms with Crippen molar-refractivity contribution in [2.75, 3.05) is 43.0 Å². The molecule has 0 radical (unpaired) electrons. The molecule has 1 aliphatic heterocycles. The van der Waals surface area contributed by atoms with Crippen LogP contribution in [0, 0.1) is 0 Å². The monoisotopic (exact) mass is 477 g/mol. The molecular formula is C20H23N5O5S2. The number of hydrogen-bond acceptors (Lipinski definition) is 8. The van der Waals surface area contributed by atoms with Crippen LogP contribution in [-0.4, -0.2) is 72.3 Å². The van der Waals surface area contributed by atoms with E-state index in [9.17, 15) is 13.2 Å². The van der Waals surface area contributed by atoms with Crippen LogP contribution in [-0.2, 0) is 26.1 Å². The van der Waals surface area contributed by atoms with Crippen LogP contribution in [0.3, 0.4) is 0 Å². The van der Waals surface area contributed by atoms with Gasteiger partial charge < -0.3 is 14.1 Å². The zero-order valence-corrected chi connectivity index (χ0v) is 19.1. The number of benzene rings is 1. The number of nitrogens with zero attached hydrogens (tertiary/aromatic N) is 4. The molecular weight excluding hydrogens is 454 g/mol. The topological polar surface area (TPSA) is 120 Å². The number of thioether (sulfide) groups is 1. The molecule has 1 aromatic carbocycles. The first kappa shape index (κ1) is 22.4. The van der Waals surface area contributed by atoms with Gasteiger partial charge in [-0.3, -0.25) is 14.1 Å². The number of carbonyl (C=O) groups excluding carboxylic acids is 1. The molecule has 1 saturated heterocycles. The number of morpholine rings is 1. The van der Waals surface area contributed by atoms with Crippen molar-refractivity contribution < 1.29 is 22.4 Å². The molecule has 0 bridgehead atoms. The van der Waals surface area contributed by atoms with E-state index in [1.54, 1.807) is 41.5 Å². The number of rotatable bonds is 8. The van der Waals surface area contributed by atoms with Crippen molar-refractivity contribution >= 4 is 33.4 Å². The average Bonchev–Trinajstić information content (AvgIpc) is 3.43. The van der Waals surface area contributed by atoms with Gasteiger partial charge in [0.05, 0.1) is 38.0 Å². The van der Waals surface area contributed by atoms with Crippen LogP contribution < -0.4 is 4.72 Å². The molecule has 1 fully saturated rings. The summed E-state index contributed by atoms with van der Waals surface area (Å²) in [5.74, 6) is 1.59. The summed E-state index contributed by atoms with van der Waals surface area (Å²) in [5.41, 5.74) is 1.22. The smallest absolute Gasteiger partial charge is 0.233 e. The van der Waals surface area contributed by atoms with E-state index >= 15 is 0 Å². The van der Waals surface area contributed by atoms with Gasteiger partial charge in [-0.25, -0.2) is 8.42 Å². The molecule has 4 rings (SSSR count). The zero-order chi connectivity index (χ0) is 22.6. The van der Waals surface area contributed by atoms with Gasteiger partial charge in [0.15, 0.2) is 11.0 Å². The van der Waals surface area contributed by atoms with Crippen LogP contribution >= 0.6 is 11.8 Å². The largest absolute Gasteiger partial charge is 0.467 e. The number of ether oxygens (including phenoxy) is 1. The molecule has 1 N–H and O–H groups in total. The molecule has 0 atom stereocenters. The van der Waals surface area contributed by atoms with E-state index in [-0.39, 0.29) is 11.7 Å². The van der Waals surface area contributed by atoms with E-state index in [1.165, 1.54) is 11.8 Å². The van der Waals surface area contributed by atoms with Crippen LogP contribution in [0.1, 0.15) is 5.76 Å². The third kappa shape index (κ3) is 5.69. The lowest BCUT2D eigenvalue weighted by molar-refractivity contribution is -0.132. The number of aromatic nitrogens is 3. The molecule has 32 heavy (non-hydrogen) atoms. The number of sulfonamides is 1. The number of anilines is 1. The number of amides is 1. The summed E-state index contributed by atoms with van der Waals surface area (Å²) in [6, 6.07) is 10.5. The normalized spacial score (nSPS) is 14.5. The van der Waals surface area contributed by atoms with Gasteiger partial charge in [0.1, 0.15) is 5.76 Å². The lowest BCUT2D eigenvalue weighted by Crippen LogP contribution is -2.41. The maximum absolute atomic E-state index is 12.5. The van der Waals surface area contributed by atoms with Crippen molar-refractivity contribution in [1.82, 2.24) is 19.7 Å². The molecule has 0 unspecified atom stereocenters. The highest BCUT2D eigenvalue weighted by molar-refractivity contribution is 7.99. The van der Waals surface area contributed by atoms with E-state index in [1.807, 2.05) is 10.6 Å². The van der Waals surface area contributed by atoms with E-state index in [4.69, 9.17) is 9.15 Å². The maximum Gasteiger partial charge on any atom is 0.233 e. The molecule has 12 heteroatoms. The number of carbonyl (C=O) groups is 1. The van der Waals surface area contributed by atoms with Crippen molar-refractivity contribution in [2.45, 2.75) is 11.7 Å². The summed E-state index contributed by atoms with van der Waals surface area (Å²) < 4.78 is 38.0. The molecule has 2 aromatic heterocycles. The minimum atomic E-state index is -3.36. The Balaban J connectivity index is 1.55. The summed E-state index contributed by atoms with van der Waals surface area (Å²) in [4.78, 5) is 14.3. The van der Waals surface area contributed by atoms with Gasteiger partial charge in [0.2, 0.25) is 15.9 Å². The quantitative estimate of drug-likeness (QED) is 0.489. The fourth-order valence-electron chi connectivity index (χ4n) is 3.24. The Morgan fingerprint density at radius 2 is 1.91 bits per heavy atom. The lowest BCUT2D eigenvalue weighted by Gasteiger charge is -2.26. The van der Waals surface area contributed by atoms with Gasteiger partial charge in [-0.05, 0) is 36.4 Å². The average molecular weight is 478 g/mol. The van der Waals surface area contributed by atoms with Gasteiger partial charge >= 0.3 is 0 Å². The lowest BCUT2D eigenvalue weighted by atomic mass is 10.2. The third-order valence-corrected chi connectivity index (χ3v) is 6.30. The third-order valence-electron chi connectivity index (χ3n) is 4.75. The summed E-state index contributed by atoms with van der Waals surface area (Å²) in [7, 11) is -3.36. The predicted octanol–water partition coefficient (Wildman–Crippen LogP) is 1.91. The van der Waals surface area contributed by atoms with Crippen LogP contribution in [0.4, 0.5) is 5.69 Å². The molecule has 3 heterocycles. The molecule has 170 valence electrons. The summed E-state index contributed by atoms with van der Waals surface area (Å²) in [5, 5.41) is 9.22. The van der Waals surface area contributed by atoms with Crippen LogP contribution in [0.5, 0.6) is 0 Å². The van der Waals surface area contributed by atoms with Crippen LogP contribution in [0.15, 0.2) is 52.2 Å². The zero-order valence-electron chi connectivity index (χ0n) is 17.4. The first-order valence-corrected chi connectivity index (χ1v) is 12.8. The van der Waals surface area contributed by atoms with Crippen molar-refractivity contribution in [3.05, 3.63) is 48.4 Å². The minimum Gasteiger partial charge on any atom is -0.467 e. The molecule has 0 aliphatic carbocycles. The van der Waals surface area contributed by atoms with Crippen LogP contribution in [0.25, 0.3) is 11.4 Å². The first-order chi connectivity index (χ1) is 15.4. The standard InChI is InChI=1S/C20H23N5O5S2/c1-32(27,28)23-16-6-4-15(5-7-16)19-21-22-20(25(19)13-17-3-2-10-30-17)31-14-18(26)24-8-11-29-12-9-24/h2-7,10,23H,8-9,11-14H2,1H3. The molecule has 3 aromatic rings. The van der Waals surface area contributed by atoms with Crippen molar-refractivity contribution in [1.29, 1.82) is 0 Å². The molecule has 0 saturated carbocycles. The van der Waals surface area contributed by atoms with Crippen molar-refractivity contribution in [2.24, 2.45) is 0 Å². The second-order valence-electron chi connectivity index (χ2n) is 7.21. The predicted molar refractivity (Wildman–Crippen MR) is 120 cm³/mol. The highest BCUT2D eigenvalue weighted by Gasteiger charge is 2.20. The van der Waals surface area contributed by atoms with E-state index in [2.05, 4.69) is 14.9 Å². The van der Waals surface area contributed by atoms with Gasteiger partial charge in [-0.2, -0.15) is 0 Å². The molecule has 10 nitrogen and oxygen atoms in total.